The molecular weight excluding hydrogens is 322 g/mol. The van der Waals surface area contributed by atoms with Gasteiger partial charge in [0.2, 0.25) is 0 Å². The summed E-state index contributed by atoms with van der Waals surface area (Å²) in [5, 5.41) is 16.8. The fourth-order valence-corrected chi connectivity index (χ4v) is 2.88. The first kappa shape index (κ1) is 17.1. The first-order valence-corrected chi connectivity index (χ1v) is 8.34. The minimum Gasteiger partial charge on any atom is -0.481 e. The molecule has 1 aromatic heterocycles. The summed E-state index contributed by atoms with van der Waals surface area (Å²) in [6.07, 6.45) is 2.59. The number of carbonyl (C=O) groups is 2. The number of carbonyl (C=O) groups excluding carboxylic acids is 1. The predicted molar refractivity (Wildman–Crippen MR) is 90.6 cm³/mol. The standard InChI is InChI=1S/C17H21N5O3/c23-16(24)7-10-20-8-4-9-21(12-11-20)17(25)15-13-22(19-18-15)14-5-2-1-3-6-14/h1-3,5-6,13H,4,7-12H2,(H,23,24). The lowest BCUT2D eigenvalue weighted by Crippen LogP contribution is -2.35. The number of nitrogens with zero attached hydrogens (tertiary/aromatic N) is 5. The zero-order valence-electron chi connectivity index (χ0n) is 13.9. The zero-order valence-corrected chi connectivity index (χ0v) is 13.9. The quantitative estimate of drug-likeness (QED) is 0.867. The van der Waals surface area contributed by atoms with Crippen molar-refractivity contribution in [3.8, 4) is 5.69 Å². The molecule has 0 atom stereocenters. The lowest BCUT2D eigenvalue weighted by Gasteiger charge is -2.20. The van der Waals surface area contributed by atoms with Crippen molar-refractivity contribution in [3.63, 3.8) is 0 Å². The number of benzene rings is 1. The smallest absolute Gasteiger partial charge is 0.304 e. The molecular formula is C17H21N5O3. The minimum atomic E-state index is -0.797. The molecule has 0 radical (unpaired) electrons. The summed E-state index contributed by atoms with van der Waals surface area (Å²) in [4.78, 5) is 27.2. The highest BCUT2D eigenvalue weighted by atomic mass is 16.4. The van der Waals surface area contributed by atoms with E-state index in [2.05, 4.69) is 15.2 Å². The summed E-state index contributed by atoms with van der Waals surface area (Å²) in [6, 6.07) is 9.52. The van der Waals surface area contributed by atoms with Gasteiger partial charge in [0.25, 0.3) is 5.91 Å². The highest BCUT2D eigenvalue weighted by molar-refractivity contribution is 5.92. The van der Waals surface area contributed by atoms with Crippen molar-refractivity contribution in [2.45, 2.75) is 12.8 Å². The van der Waals surface area contributed by atoms with Crippen LogP contribution in [-0.4, -0.2) is 74.5 Å². The first-order valence-electron chi connectivity index (χ1n) is 8.34. The van der Waals surface area contributed by atoms with Crippen LogP contribution in [0.25, 0.3) is 5.69 Å². The van der Waals surface area contributed by atoms with Gasteiger partial charge in [0, 0.05) is 26.2 Å². The summed E-state index contributed by atoms with van der Waals surface area (Å²) in [7, 11) is 0. The van der Waals surface area contributed by atoms with E-state index in [0.29, 0.717) is 31.9 Å². The fraction of sp³-hybridized carbons (Fsp3) is 0.412. The number of hydrogen-bond donors (Lipinski definition) is 1. The van der Waals surface area contributed by atoms with E-state index in [1.54, 1.807) is 15.8 Å². The van der Waals surface area contributed by atoms with Crippen LogP contribution in [0.3, 0.4) is 0 Å². The number of rotatable bonds is 5. The van der Waals surface area contributed by atoms with E-state index >= 15 is 0 Å². The Hall–Kier alpha value is -2.74. The van der Waals surface area contributed by atoms with Gasteiger partial charge in [-0.3, -0.25) is 9.59 Å². The molecule has 2 heterocycles. The predicted octanol–water partition coefficient (Wildman–Crippen LogP) is 0.890. The van der Waals surface area contributed by atoms with Gasteiger partial charge < -0.3 is 14.9 Å². The van der Waals surface area contributed by atoms with E-state index in [1.165, 1.54) is 0 Å². The maximum Gasteiger partial charge on any atom is 0.304 e. The van der Waals surface area contributed by atoms with Crippen LogP contribution in [-0.2, 0) is 4.79 Å². The van der Waals surface area contributed by atoms with Gasteiger partial charge in [-0.05, 0) is 25.1 Å². The average molecular weight is 343 g/mol. The third-order valence-corrected chi connectivity index (χ3v) is 4.25. The number of carboxylic acid groups (broad SMARTS) is 1. The van der Waals surface area contributed by atoms with Crippen molar-refractivity contribution in [1.82, 2.24) is 24.8 Å². The van der Waals surface area contributed by atoms with E-state index in [0.717, 1.165) is 18.7 Å². The van der Waals surface area contributed by atoms with Gasteiger partial charge in [-0.1, -0.05) is 23.4 Å². The Balaban J connectivity index is 1.61. The SMILES string of the molecule is O=C(O)CCN1CCCN(C(=O)c2cn(-c3ccccc3)nn2)CC1. The molecule has 1 saturated heterocycles. The molecule has 8 nitrogen and oxygen atoms in total. The van der Waals surface area contributed by atoms with Crippen molar-refractivity contribution >= 4 is 11.9 Å². The molecule has 0 bridgehead atoms. The number of aromatic nitrogens is 3. The Morgan fingerprint density at radius 3 is 2.64 bits per heavy atom. The van der Waals surface area contributed by atoms with Crippen molar-refractivity contribution in [2.24, 2.45) is 0 Å². The largest absolute Gasteiger partial charge is 0.481 e. The summed E-state index contributed by atoms with van der Waals surface area (Å²) in [6.45, 7) is 3.19. The Morgan fingerprint density at radius 1 is 1.08 bits per heavy atom. The van der Waals surface area contributed by atoms with Gasteiger partial charge >= 0.3 is 5.97 Å². The normalized spacial score (nSPS) is 15.8. The van der Waals surface area contributed by atoms with Gasteiger partial charge in [0.1, 0.15) is 0 Å². The fourth-order valence-electron chi connectivity index (χ4n) is 2.88. The number of para-hydroxylation sites is 1. The van der Waals surface area contributed by atoms with Gasteiger partial charge in [0.05, 0.1) is 18.3 Å². The zero-order chi connectivity index (χ0) is 17.6. The van der Waals surface area contributed by atoms with Crippen molar-refractivity contribution in [2.75, 3.05) is 32.7 Å². The van der Waals surface area contributed by atoms with Crippen LogP contribution in [0.1, 0.15) is 23.3 Å². The Kier molecular flexibility index (Phi) is 5.39. The summed E-state index contributed by atoms with van der Waals surface area (Å²) in [5.74, 6) is -0.933. The van der Waals surface area contributed by atoms with E-state index < -0.39 is 5.97 Å². The molecule has 0 unspecified atom stereocenters. The molecule has 3 rings (SSSR count). The van der Waals surface area contributed by atoms with Crippen LogP contribution in [0.4, 0.5) is 0 Å². The average Bonchev–Trinajstić information content (AvgIpc) is 3.00. The summed E-state index contributed by atoms with van der Waals surface area (Å²) >= 11 is 0. The van der Waals surface area contributed by atoms with Crippen LogP contribution < -0.4 is 0 Å². The van der Waals surface area contributed by atoms with Gasteiger partial charge in [-0.15, -0.1) is 5.10 Å². The lowest BCUT2D eigenvalue weighted by atomic mass is 10.3. The minimum absolute atomic E-state index is 0.124. The maximum atomic E-state index is 12.7. The molecule has 0 spiro atoms. The molecule has 1 aliphatic heterocycles. The molecule has 1 aliphatic rings. The van der Waals surface area contributed by atoms with E-state index in [-0.39, 0.29) is 12.3 Å². The summed E-state index contributed by atoms with van der Waals surface area (Å²) < 4.78 is 1.59. The van der Waals surface area contributed by atoms with E-state index in [9.17, 15) is 9.59 Å². The second-order valence-corrected chi connectivity index (χ2v) is 6.02. The highest BCUT2D eigenvalue weighted by Gasteiger charge is 2.22. The van der Waals surface area contributed by atoms with E-state index in [4.69, 9.17) is 5.11 Å². The molecule has 8 heteroatoms. The van der Waals surface area contributed by atoms with Gasteiger partial charge in [0.15, 0.2) is 5.69 Å². The van der Waals surface area contributed by atoms with Crippen LogP contribution in [0.15, 0.2) is 36.5 Å². The Labute approximate surface area is 145 Å². The monoisotopic (exact) mass is 343 g/mol. The van der Waals surface area contributed by atoms with Crippen LogP contribution in [0, 0.1) is 0 Å². The van der Waals surface area contributed by atoms with Crippen LogP contribution in [0.5, 0.6) is 0 Å². The molecule has 2 aromatic rings. The molecule has 25 heavy (non-hydrogen) atoms. The van der Waals surface area contributed by atoms with Crippen molar-refractivity contribution in [3.05, 3.63) is 42.2 Å². The number of hydrogen-bond acceptors (Lipinski definition) is 5. The topological polar surface area (TPSA) is 91.6 Å². The maximum absolute atomic E-state index is 12.7. The van der Waals surface area contributed by atoms with Crippen molar-refractivity contribution in [1.29, 1.82) is 0 Å². The first-order chi connectivity index (χ1) is 12.1. The third kappa shape index (κ3) is 4.42. The van der Waals surface area contributed by atoms with Gasteiger partial charge in [-0.25, -0.2) is 4.68 Å². The summed E-state index contributed by atoms with van der Waals surface area (Å²) in [5.41, 5.74) is 1.17. The number of amides is 1. The van der Waals surface area contributed by atoms with Gasteiger partial charge in [-0.2, -0.15) is 0 Å². The highest BCUT2D eigenvalue weighted by Crippen LogP contribution is 2.10. The molecule has 1 N–H and O–H groups in total. The molecule has 0 saturated carbocycles. The second kappa shape index (κ2) is 7.89. The Bertz CT molecular complexity index is 731. The van der Waals surface area contributed by atoms with Crippen LogP contribution >= 0.6 is 0 Å². The van der Waals surface area contributed by atoms with E-state index in [1.807, 2.05) is 30.3 Å². The molecule has 0 aliphatic carbocycles. The second-order valence-electron chi connectivity index (χ2n) is 6.02. The number of aliphatic carboxylic acids is 1. The molecule has 1 fully saturated rings. The van der Waals surface area contributed by atoms with Crippen LogP contribution in [0.2, 0.25) is 0 Å². The Morgan fingerprint density at radius 2 is 1.88 bits per heavy atom. The number of carboxylic acids is 1. The molecule has 132 valence electrons. The third-order valence-electron chi connectivity index (χ3n) is 4.25. The van der Waals surface area contributed by atoms with Crippen molar-refractivity contribution < 1.29 is 14.7 Å². The lowest BCUT2D eigenvalue weighted by molar-refractivity contribution is -0.137. The molecule has 1 amide bonds. The molecule has 1 aromatic carbocycles.